The molecule has 58 heavy (non-hydrogen) atoms. The van der Waals surface area contributed by atoms with Gasteiger partial charge >= 0.3 is 0 Å². The van der Waals surface area contributed by atoms with Crippen LogP contribution in [0.25, 0.3) is 72.6 Å². The second-order valence-corrected chi connectivity index (χ2v) is 21.4. The van der Waals surface area contributed by atoms with Crippen LogP contribution in [-0.2, 0) is 20.1 Å². The minimum absolute atomic E-state index is 0. The molecule has 0 aliphatic heterocycles. The number of benzene rings is 5. The van der Waals surface area contributed by atoms with E-state index < -0.39 is 8.07 Å². The molecule has 0 spiro atoms. The molecule has 0 saturated carbocycles. The van der Waals surface area contributed by atoms with Gasteiger partial charge in [-0.1, -0.05) is 118 Å². The minimum atomic E-state index is -1.27. The second kappa shape index (κ2) is 16.8. The van der Waals surface area contributed by atoms with Crippen LogP contribution in [0.1, 0.15) is 56.2 Å². The maximum Gasteiger partial charge on any atom is 0.155 e. The maximum atomic E-state index is 6.45. The summed E-state index contributed by atoms with van der Waals surface area (Å²) in [6.07, 6.45) is 3.90. The molecule has 0 saturated heterocycles. The van der Waals surface area contributed by atoms with E-state index in [-0.39, 0.29) is 31.9 Å². The first-order valence-electron chi connectivity index (χ1n) is 19.8. The van der Waals surface area contributed by atoms with Crippen LogP contribution in [-0.4, -0.2) is 27.6 Å². The standard InChI is InChI=1S/C36H30N3O.C15H18NSi.Ir/c1-22(2)29-20-25(24-12-6-5-7-13-24)21-30(23(3)4)33(29)39-35(38-31-17-11-19-37-36(31)39)28-16-10-15-27-26-14-8-9-18-32(26)40-34(27)28;1-12-10-14(13-8-6-5-7-9-13)16-11-15(12)17(2,3)4;/h5-15,17-23H,1-4H3;5-8,10-11H,1-4H3;/q2*-1;. The number of aryl methyl sites for hydroxylation is 1. The van der Waals surface area contributed by atoms with Gasteiger partial charge in [0.15, 0.2) is 5.65 Å². The Morgan fingerprint density at radius 3 is 2.07 bits per heavy atom. The van der Waals surface area contributed by atoms with Gasteiger partial charge in [0.1, 0.15) is 5.58 Å². The molecule has 9 rings (SSSR count). The van der Waals surface area contributed by atoms with Gasteiger partial charge in [-0.05, 0) is 82.2 Å². The molecule has 293 valence electrons. The SMILES string of the molecule is CC(C)c1cc(-c2ccccc2)cc(C(C)C)c1-n1c(-c2[c-]ccc3c2oc2ccccc23)nc2cccnc21.Cc1cc(-c2[c-]cccc2)ncc1[Si](C)(C)C.[Ir]. The normalized spacial score (nSPS) is 11.6. The van der Waals surface area contributed by atoms with E-state index >= 15 is 0 Å². The smallest absolute Gasteiger partial charge is 0.155 e. The van der Waals surface area contributed by atoms with E-state index in [1.54, 1.807) is 0 Å². The van der Waals surface area contributed by atoms with Gasteiger partial charge in [-0.2, -0.15) is 0 Å². The molecule has 0 aliphatic carbocycles. The van der Waals surface area contributed by atoms with Crippen LogP contribution in [0.5, 0.6) is 0 Å². The van der Waals surface area contributed by atoms with Gasteiger partial charge in [0.25, 0.3) is 0 Å². The quantitative estimate of drug-likeness (QED) is 0.118. The average molecular weight is 953 g/mol. The maximum absolute atomic E-state index is 6.45. The summed E-state index contributed by atoms with van der Waals surface area (Å²) in [5.41, 5.74) is 13.7. The van der Waals surface area contributed by atoms with Crippen molar-refractivity contribution >= 4 is 46.4 Å². The van der Waals surface area contributed by atoms with Crippen molar-refractivity contribution < 1.29 is 24.5 Å². The monoisotopic (exact) mass is 953 g/mol. The van der Waals surface area contributed by atoms with Crippen LogP contribution in [0.3, 0.4) is 0 Å². The van der Waals surface area contributed by atoms with Gasteiger partial charge in [0.05, 0.1) is 25.0 Å². The third-order valence-corrected chi connectivity index (χ3v) is 12.8. The molecule has 7 heteroatoms. The van der Waals surface area contributed by atoms with E-state index in [1.165, 1.54) is 33.0 Å². The number of hydrogen-bond acceptors (Lipinski definition) is 4. The predicted octanol–water partition coefficient (Wildman–Crippen LogP) is 13.1. The first kappa shape index (κ1) is 40.7. The van der Waals surface area contributed by atoms with Crippen LogP contribution in [0.15, 0.2) is 138 Å². The van der Waals surface area contributed by atoms with Crippen LogP contribution >= 0.6 is 0 Å². The molecule has 0 atom stereocenters. The third kappa shape index (κ3) is 7.87. The first-order chi connectivity index (χ1) is 27.5. The molecular weight excluding hydrogens is 905 g/mol. The predicted molar refractivity (Wildman–Crippen MR) is 240 cm³/mol. The minimum Gasteiger partial charge on any atom is -0.501 e. The topological polar surface area (TPSA) is 56.7 Å². The van der Waals surface area contributed by atoms with Gasteiger partial charge in [0, 0.05) is 43.6 Å². The summed E-state index contributed by atoms with van der Waals surface area (Å²) in [5, 5.41) is 3.59. The van der Waals surface area contributed by atoms with Crippen molar-refractivity contribution in [1.82, 2.24) is 19.5 Å². The average Bonchev–Trinajstić information content (AvgIpc) is 3.79. The molecule has 0 fully saturated rings. The molecule has 0 N–H and O–H groups in total. The Balaban J connectivity index is 0.000000240. The fraction of sp³-hybridized carbons (Fsp3) is 0.196. The fourth-order valence-corrected chi connectivity index (χ4v) is 9.51. The Morgan fingerprint density at radius 1 is 0.690 bits per heavy atom. The number of rotatable bonds is 7. The zero-order chi connectivity index (χ0) is 39.8. The number of para-hydroxylation sites is 1. The van der Waals surface area contributed by atoms with Gasteiger partial charge in [-0.15, -0.1) is 54.1 Å². The molecule has 5 aromatic carbocycles. The summed E-state index contributed by atoms with van der Waals surface area (Å²) < 4.78 is 8.70. The van der Waals surface area contributed by atoms with Crippen molar-refractivity contribution in [2.24, 2.45) is 0 Å². The van der Waals surface area contributed by atoms with E-state index in [9.17, 15) is 0 Å². The number of aromatic nitrogens is 4. The van der Waals surface area contributed by atoms with Crippen LogP contribution in [0.4, 0.5) is 0 Å². The number of fused-ring (bicyclic) bond motifs is 4. The van der Waals surface area contributed by atoms with E-state index in [0.717, 1.165) is 61.4 Å². The van der Waals surface area contributed by atoms with Gasteiger partial charge in [0.2, 0.25) is 0 Å². The van der Waals surface area contributed by atoms with Crippen LogP contribution in [0, 0.1) is 19.1 Å². The summed E-state index contributed by atoms with van der Waals surface area (Å²) in [6.45, 7) is 18.3. The van der Waals surface area contributed by atoms with Gasteiger partial charge in [-0.25, -0.2) is 4.98 Å². The van der Waals surface area contributed by atoms with Gasteiger partial charge in [-0.3, -0.25) is 4.98 Å². The Kier molecular flexibility index (Phi) is 11.8. The second-order valence-electron chi connectivity index (χ2n) is 16.4. The van der Waals surface area contributed by atoms with E-state index in [2.05, 4.69) is 149 Å². The molecular formula is C51H48IrN4OSi-2. The van der Waals surface area contributed by atoms with Crippen molar-refractivity contribution in [2.75, 3.05) is 0 Å². The van der Waals surface area contributed by atoms with E-state index in [0.29, 0.717) is 0 Å². The van der Waals surface area contributed by atoms with Gasteiger partial charge < -0.3 is 14.0 Å². The number of nitrogens with zero attached hydrogens (tertiary/aromatic N) is 4. The van der Waals surface area contributed by atoms with Crippen molar-refractivity contribution in [3.63, 3.8) is 0 Å². The fourth-order valence-electron chi connectivity index (χ4n) is 7.81. The number of pyridine rings is 2. The number of furan rings is 1. The zero-order valence-corrected chi connectivity index (χ0v) is 37.8. The summed E-state index contributed by atoms with van der Waals surface area (Å²) in [5.74, 6) is 1.34. The first-order valence-corrected chi connectivity index (χ1v) is 23.3. The Hall–Kier alpha value is -5.46. The molecule has 0 unspecified atom stereocenters. The molecule has 0 aliphatic rings. The van der Waals surface area contributed by atoms with Crippen molar-refractivity contribution in [2.45, 2.75) is 66.1 Å². The van der Waals surface area contributed by atoms with Crippen LogP contribution in [0.2, 0.25) is 19.6 Å². The Bertz CT molecular complexity index is 2820. The number of imidazole rings is 1. The van der Waals surface area contributed by atoms with E-state index in [4.69, 9.17) is 14.4 Å². The zero-order valence-electron chi connectivity index (χ0n) is 34.4. The van der Waals surface area contributed by atoms with Crippen molar-refractivity contribution in [3.8, 4) is 39.5 Å². The summed E-state index contributed by atoms with van der Waals surface area (Å²) in [7, 11) is -1.27. The number of hydrogen-bond donors (Lipinski definition) is 0. The molecule has 1 radical (unpaired) electrons. The van der Waals surface area contributed by atoms with E-state index in [1.807, 2.05) is 60.8 Å². The van der Waals surface area contributed by atoms with Crippen LogP contribution < -0.4 is 5.19 Å². The molecule has 5 nitrogen and oxygen atoms in total. The molecule has 4 heterocycles. The van der Waals surface area contributed by atoms with Crippen molar-refractivity contribution in [3.05, 3.63) is 163 Å². The molecule has 9 aromatic rings. The molecule has 0 amide bonds. The largest absolute Gasteiger partial charge is 0.501 e. The third-order valence-electron chi connectivity index (χ3n) is 10.6. The Labute approximate surface area is 356 Å². The van der Waals surface area contributed by atoms with Crippen molar-refractivity contribution in [1.29, 1.82) is 0 Å². The molecule has 0 bridgehead atoms. The summed E-state index contributed by atoms with van der Waals surface area (Å²) in [6, 6.07) is 48.4. The summed E-state index contributed by atoms with van der Waals surface area (Å²) in [4.78, 5) is 14.6. The summed E-state index contributed by atoms with van der Waals surface area (Å²) >= 11 is 0. The Morgan fingerprint density at radius 2 is 1.40 bits per heavy atom. The molecule has 4 aromatic heterocycles.